The first kappa shape index (κ1) is 16.9. The molecule has 0 saturated carbocycles. The minimum Gasteiger partial charge on any atom is -0.444 e. The molecule has 0 aliphatic carbocycles. The summed E-state index contributed by atoms with van der Waals surface area (Å²) in [6.07, 6.45) is 6.20. The van der Waals surface area contributed by atoms with E-state index in [1.807, 2.05) is 32.7 Å². The molecule has 1 atom stereocenters. The van der Waals surface area contributed by atoms with Gasteiger partial charge in [0.15, 0.2) is 0 Å². The van der Waals surface area contributed by atoms with Crippen LogP contribution in [-0.2, 0) is 18.3 Å². The SMILES string of the molecule is Cn1ccc(CNCCC2CCN(C(=O)OC(C)(C)C)C2)c1. The topological polar surface area (TPSA) is 46.5 Å². The Bertz CT molecular complexity index is 490. The summed E-state index contributed by atoms with van der Waals surface area (Å²) in [6, 6.07) is 2.13. The van der Waals surface area contributed by atoms with Crippen LogP contribution in [-0.4, -0.2) is 40.8 Å². The Morgan fingerprint density at radius 2 is 2.23 bits per heavy atom. The maximum Gasteiger partial charge on any atom is 0.410 e. The van der Waals surface area contributed by atoms with Crippen LogP contribution in [0.25, 0.3) is 0 Å². The summed E-state index contributed by atoms with van der Waals surface area (Å²) in [5.41, 5.74) is 0.899. The zero-order valence-electron chi connectivity index (χ0n) is 14.3. The van der Waals surface area contributed by atoms with Crippen LogP contribution in [0, 0.1) is 5.92 Å². The van der Waals surface area contributed by atoms with Crippen molar-refractivity contribution in [2.45, 2.75) is 45.8 Å². The van der Waals surface area contributed by atoms with Crippen molar-refractivity contribution < 1.29 is 9.53 Å². The molecule has 1 fully saturated rings. The molecule has 2 heterocycles. The quantitative estimate of drug-likeness (QED) is 0.851. The van der Waals surface area contributed by atoms with Crippen LogP contribution in [0.4, 0.5) is 4.79 Å². The van der Waals surface area contributed by atoms with Gasteiger partial charge in [-0.2, -0.15) is 0 Å². The maximum atomic E-state index is 12.0. The van der Waals surface area contributed by atoms with Crippen molar-refractivity contribution in [3.63, 3.8) is 0 Å². The first-order valence-electron chi connectivity index (χ1n) is 8.13. The Hall–Kier alpha value is -1.49. The summed E-state index contributed by atoms with van der Waals surface area (Å²) in [7, 11) is 2.04. The smallest absolute Gasteiger partial charge is 0.410 e. The normalized spacial score (nSPS) is 18.7. The number of ether oxygens (including phenoxy) is 1. The van der Waals surface area contributed by atoms with Gasteiger partial charge < -0.3 is 19.5 Å². The van der Waals surface area contributed by atoms with Gasteiger partial charge >= 0.3 is 6.09 Å². The van der Waals surface area contributed by atoms with Crippen molar-refractivity contribution in [3.8, 4) is 0 Å². The number of aryl methyl sites for hydroxylation is 1. The average molecular weight is 307 g/mol. The van der Waals surface area contributed by atoms with Crippen LogP contribution in [0.15, 0.2) is 18.5 Å². The van der Waals surface area contributed by atoms with Crippen molar-refractivity contribution in [3.05, 3.63) is 24.0 Å². The minimum absolute atomic E-state index is 0.174. The zero-order chi connectivity index (χ0) is 16.2. The standard InChI is InChI=1S/C17H29N3O2/c1-17(2,3)22-16(21)20-10-7-14(13-20)5-8-18-11-15-6-9-19(4)12-15/h6,9,12,14,18H,5,7-8,10-11,13H2,1-4H3. The highest BCUT2D eigenvalue weighted by atomic mass is 16.6. The van der Waals surface area contributed by atoms with Crippen LogP contribution in [0.2, 0.25) is 0 Å². The van der Waals surface area contributed by atoms with E-state index in [-0.39, 0.29) is 6.09 Å². The van der Waals surface area contributed by atoms with E-state index in [0.717, 1.165) is 39.0 Å². The molecule has 1 amide bonds. The fourth-order valence-electron chi connectivity index (χ4n) is 2.77. The fraction of sp³-hybridized carbons (Fsp3) is 0.706. The Morgan fingerprint density at radius 3 is 2.86 bits per heavy atom. The number of carbonyl (C=O) groups is 1. The molecule has 0 spiro atoms. The van der Waals surface area contributed by atoms with Gasteiger partial charge in [-0.05, 0) is 57.7 Å². The second kappa shape index (κ2) is 7.18. The first-order valence-corrected chi connectivity index (χ1v) is 8.13. The molecule has 1 aromatic heterocycles. The number of hydrogen-bond acceptors (Lipinski definition) is 3. The lowest BCUT2D eigenvalue weighted by atomic mass is 10.1. The van der Waals surface area contributed by atoms with Crippen LogP contribution in [0.1, 0.15) is 39.2 Å². The summed E-state index contributed by atoms with van der Waals surface area (Å²) >= 11 is 0. The van der Waals surface area contributed by atoms with Gasteiger partial charge in [-0.15, -0.1) is 0 Å². The number of likely N-dealkylation sites (tertiary alicyclic amines) is 1. The van der Waals surface area contributed by atoms with Gasteiger partial charge in [-0.3, -0.25) is 0 Å². The van der Waals surface area contributed by atoms with Gasteiger partial charge in [0.1, 0.15) is 5.60 Å². The highest BCUT2D eigenvalue weighted by Gasteiger charge is 2.29. The third-order valence-electron chi connectivity index (χ3n) is 3.89. The average Bonchev–Trinajstić information content (AvgIpc) is 3.02. The highest BCUT2D eigenvalue weighted by Crippen LogP contribution is 2.21. The molecule has 5 heteroatoms. The zero-order valence-corrected chi connectivity index (χ0v) is 14.3. The summed E-state index contributed by atoms with van der Waals surface area (Å²) in [4.78, 5) is 13.8. The first-order chi connectivity index (χ1) is 10.3. The Balaban J connectivity index is 1.63. The number of amides is 1. The molecule has 0 aromatic carbocycles. The molecule has 0 bridgehead atoms. The van der Waals surface area contributed by atoms with E-state index >= 15 is 0 Å². The van der Waals surface area contributed by atoms with Gasteiger partial charge in [-0.1, -0.05) is 0 Å². The summed E-state index contributed by atoms with van der Waals surface area (Å²) in [5, 5.41) is 3.48. The minimum atomic E-state index is -0.410. The second-order valence-electron chi connectivity index (χ2n) is 7.23. The number of rotatable bonds is 5. The lowest BCUT2D eigenvalue weighted by Gasteiger charge is -2.24. The molecule has 1 aliphatic heterocycles. The molecule has 2 rings (SSSR count). The van der Waals surface area contributed by atoms with Gasteiger partial charge in [0, 0.05) is 39.1 Å². The maximum absolute atomic E-state index is 12.0. The van der Waals surface area contributed by atoms with Gasteiger partial charge in [0.2, 0.25) is 0 Å². The molecule has 1 N–H and O–H groups in total. The lowest BCUT2D eigenvalue weighted by molar-refractivity contribution is 0.0287. The van der Waals surface area contributed by atoms with E-state index in [9.17, 15) is 4.79 Å². The summed E-state index contributed by atoms with van der Waals surface area (Å²) < 4.78 is 7.49. The van der Waals surface area contributed by atoms with E-state index in [1.165, 1.54) is 5.56 Å². The van der Waals surface area contributed by atoms with Gasteiger partial charge in [0.25, 0.3) is 0 Å². The van der Waals surface area contributed by atoms with E-state index < -0.39 is 5.60 Å². The van der Waals surface area contributed by atoms with Crippen LogP contribution in [0.3, 0.4) is 0 Å². The highest BCUT2D eigenvalue weighted by molar-refractivity contribution is 5.68. The third kappa shape index (κ3) is 5.37. The molecule has 1 unspecified atom stereocenters. The molecule has 124 valence electrons. The van der Waals surface area contributed by atoms with Crippen molar-refractivity contribution >= 4 is 6.09 Å². The van der Waals surface area contributed by atoms with Crippen LogP contribution < -0.4 is 5.32 Å². The number of hydrogen-bond donors (Lipinski definition) is 1. The molecule has 1 aliphatic rings. The number of carbonyl (C=O) groups excluding carboxylic acids is 1. The van der Waals surface area contributed by atoms with Crippen molar-refractivity contribution in [1.82, 2.24) is 14.8 Å². The Kier molecular flexibility index (Phi) is 5.51. The van der Waals surface area contributed by atoms with Gasteiger partial charge in [0.05, 0.1) is 0 Å². The molecule has 22 heavy (non-hydrogen) atoms. The predicted molar refractivity (Wildman–Crippen MR) is 87.7 cm³/mol. The molecule has 5 nitrogen and oxygen atoms in total. The molecule has 0 radical (unpaired) electrons. The van der Waals surface area contributed by atoms with E-state index in [4.69, 9.17) is 4.74 Å². The lowest BCUT2D eigenvalue weighted by Crippen LogP contribution is -2.35. The fourth-order valence-corrected chi connectivity index (χ4v) is 2.77. The van der Waals surface area contributed by atoms with Crippen molar-refractivity contribution in [2.75, 3.05) is 19.6 Å². The number of aromatic nitrogens is 1. The largest absolute Gasteiger partial charge is 0.444 e. The number of nitrogens with one attached hydrogen (secondary N) is 1. The monoisotopic (exact) mass is 307 g/mol. The summed E-state index contributed by atoms with van der Waals surface area (Å²) in [5.74, 6) is 0.579. The van der Waals surface area contributed by atoms with Crippen molar-refractivity contribution in [2.24, 2.45) is 13.0 Å². The molecule has 1 saturated heterocycles. The number of nitrogens with zero attached hydrogens (tertiary/aromatic N) is 2. The van der Waals surface area contributed by atoms with Crippen molar-refractivity contribution in [1.29, 1.82) is 0 Å². The molecular weight excluding hydrogens is 278 g/mol. The summed E-state index contributed by atoms with van der Waals surface area (Å²) in [6.45, 7) is 9.26. The Labute approximate surface area is 133 Å². The van der Waals surface area contributed by atoms with E-state index in [1.54, 1.807) is 0 Å². The second-order valence-corrected chi connectivity index (χ2v) is 7.23. The van der Waals surface area contributed by atoms with Crippen LogP contribution in [0.5, 0.6) is 0 Å². The molecule has 1 aromatic rings. The van der Waals surface area contributed by atoms with Gasteiger partial charge in [-0.25, -0.2) is 4.79 Å². The van der Waals surface area contributed by atoms with E-state index in [0.29, 0.717) is 5.92 Å². The van der Waals surface area contributed by atoms with Crippen LogP contribution >= 0.6 is 0 Å². The van der Waals surface area contributed by atoms with E-state index in [2.05, 4.69) is 28.3 Å². The predicted octanol–water partition coefficient (Wildman–Crippen LogP) is 2.76. The third-order valence-corrected chi connectivity index (χ3v) is 3.89. The molecular formula is C17H29N3O2. The Morgan fingerprint density at radius 1 is 1.45 bits per heavy atom.